The SMILES string of the molecule is Nc1ncnc(C2CCOCC2)c1F. The molecule has 1 saturated heterocycles. The molecular formula is C9H12FN3O. The Morgan fingerprint density at radius 2 is 2.07 bits per heavy atom. The van der Waals surface area contributed by atoms with Crippen molar-refractivity contribution in [3.05, 3.63) is 17.8 Å². The van der Waals surface area contributed by atoms with E-state index in [1.54, 1.807) is 0 Å². The number of ether oxygens (including phenoxy) is 1. The average molecular weight is 197 g/mol. The second kappa shape index (κ2) is 3.88. The molecule has 5 heteroatoms. The van der Waals surface area contributed by atoms with Crippen LogP contribution in [-0.2, 0) is 4.74 Å². The van der Waals surface area contributed by atoms with Crippen molar-refractivity contribution >= 4 is 5.82 Å². The van der Waals surface area contributed by atoms with Crippen LogP contribution in [0.25, 0.3) is 0 Å². The predicted molar refractivity (Wildman–Crippen MR) is 49.2 cm³/mol. The Bertz CT molecular complexity index is 326. The van der Waals surface area contributed by atoms with Crippen LogP contribution in [0.4, 0.5) is 10.2 Å². The lowest BCUT2D eigenvalue weighted by Crippen LogP contribution is -2.17. The maximum atomic E-state index is 13.5. The van der Waals surface area contributed by atoms with Crippen molar-refractivity contribution in [2.75, 3.05) is 18.9 Å². The van der Waals surface area contributed by atoms with Crippen molar-refractivity contribution in [3.8, 4) is 0 Å². The van der Waals surface area contributed by atoms with Gasteiger partial charge in [-0.3, -0.25) is 0 Å². The van der Waals surface area contributed by atoms with E-state index in [1.807, 2.05) is 0 Å². The molecule has 76 valence electrons. The molecule has 0 amide bonds. The lowest BCUT2D eigenvalue weighted by molar-refractivity contribution is 0.0837. The van der Waals surface area contributed by atoms with Crippen LogP contribution in [-0.4, -0.2) is 23.2 Å². The number of aromatic nitrogens is 2. The van der Waals surface area contributed by atoms with E-state index in [9.17, 15) is 4.39 Å². The normalized spacial score (nSPS) is 18.4. The van der Waals surface area contributed by atoms with Gasteiger partial charge in [0.05, 0.1) is 5.69 Å². The third-order valence-corrected chi connectivity index (χ3v) is 2.45. The Balaban J connectivity index is 2.26. The molecule has 1 aliphatic heterocycles. The van der Waals surface area contributed by atoms with Crippen LogP contribution in [0.15, 0.2) is 6.33 Å². The zero-order chi connectivity index (χ0) is 9.97. The molecule has 0 spiro atoms. The number of rotatable bonds is 1. The molecule has 1 fully saturated rings. The van der Waals surface area contributed by atoms with Crippen molar-refractivity contribution in [1.29, 1.82) is 0 Å². The third-order valence-electron chi connectivity index (χ3n) is 2.45. The van der Waals surface area contributed by atoms with E-state index in [4.69, 9.17) is 10.5 Å². The summed E-state index contributed by atoms with van der Waals surface area (Å²) >= 11 is 0. The highest BCUT2D eigenvalue weighted by molar-refractivity contribution is 5.32. The standard InChI is InChI=1S/C9H12FN3O/c10-7-8(12-5-13-9(7)11)6-1-3-14-4-2-6/h5-6H,1-4H2,(H2,11,12,13). The number of nitrogens with zero attached hydrogens (tertiary/aromatic N) is 2. The number of nitrogen functional groups attached to an aromatic ring is 1. The molecule has 0 bridgehead atoms. The maximum Gasteiger partial charge on any atom is 0.186 e. The van der Waals surface area contributed by atoms with E-state index in [1.165, 1.54) is 6.33 Å². The fourth-order valence-corrected chi connectivity index (χ4v) is 1.65. The Labute approximate surface area is 81.3 Å². The topological polar surface area (TPSA) is 61.0 Å². The van der Waals surface area contributed by atoms with Gasteiger partial charge >= 0.3 is 0 Å². The first kappa shape index (κ1) is 9.33. The molecule has 1 aromatic heterocycles. The molecule has 0 saturated carbocycles. The summed E-state index contributed by atoms with van der Waals surface area (Å²) in [6.07, 6.45) is 2.91. The van der Waals surface area contributed by atoms with Crippen LogP contribution in [0.1, 0.15) is 24.5 Å². The minimum atomic E-state index is -0.473. The quantitative estimate of drug-likeness (QED) is 0.732. The first-order valence-corrected chi connectivity index (χ1v) is 4.62. The number of hydrogen-bond acceptors (Lipinski definition) is 4. The van der Waals surface area contributed by atoms with Gasteiger partial charge in [0.2, 0.25) is 0 Å². The van der Waals surface area contributed by atoms with Crippen molar-refractivity contribution < 1.29 is 9.13 Å². The fraction of sp³-hybridized carbons (Fsp3) is 0.556. The summed E-state index contributed by atoms with van der Waals surface area (Å²) < 4.78 is 18.7. The van der Waals surface area contributed by atoms with Crippen LogP contribution in [0.2, 0.25) is 0 Å². The highest BCUT2D eigenvalue weighted by atomic mass is 19.1. The molecule has 0 aliphatic carbocycles. The highest BCUT2D eigenvalue weighted by Gasteiger charge is 2.21. The Hall–Kier alpha value is -1.23. The van der Waals surface area contributed by atoms with E-state index in [2.05, 4.69) is 9.97 Å². The molecule has 0 radical (unpaired) electrons. The Kier molecular flexibility index (Phi) is 2.58. The summed E-state index contributed by atoms with van der Waals surface area (Å²) in [7, 11) is 0. The summed E-state index contributed by atoms with van der Waals surface area (Å²) in [6, 6.07) is 0. The van der Waals surface area contributed by atoms with Gasteiger partial charge in [-0.15, -0.1) is 0 Å². The van der Waals surface area contributed by atoms with E-state index in [-0.39, 0.29) is 11.7 Å². The largest absolute Gasteiger partial charge is 0.381 e. The van der Waals surface area contributed by atoms with E-state index >= 15 is 0 Å². The van der Waals surface area contributed by atoms with Gasteiger partial charge in [-0.1, -0.05) is 0 Å². The summed E-state index contributed by atoms with van der Waals surface area (Å²) in [5.74, 6) is -0.421. The molecule has 1 aromatic rings. The molecular weight excluding hydrogens is 185 g/mol. The van der Waals surface area contributed by atoms with Gasteiger partial charge in [0.15, 0.2) is 11.6 Å². The van der Waals surface area contributed by atoms with Crippen LogP contribution >= 0.6 is 0 Å². The predicted octanol–water partition coefficient (Wildman–Crippen LogP) is 1.09. The lowest BCUT2D eigenvalue weighted by Gasteiger charge is -2.21. The van der Waals surface area contributed by atoms with Gasteiger partial charge in [0.25, 0.3) is 0 Å². The first-order valence-electron chi connectivity index (χ1n) is 4.62. The fourth-order valence-electron chi connectivity index (χ4n) is 1.65. The van der Waals surface area contributed by atoms with Gasteiger partial charge in [0.1, 0.15) is 6.33 Å². The van der Waals surface area contributed by atoms with Gasteiger partial charge in [-0.2, -0.15) is 0 Å². The molecule has 0 aromatic carbocycles. The molecule has 1 aliphatic rings. The molecule has 4 nitrogen and oxygen atoms in total. The Morgan fingerprint density at radius 1 is 1.36 bits per heavy atom. The van der Waals surface area contributed by atoms with Crippen molar-refractivity contribution in [1.82, 2.24) is 9.97 Å². The second-order valence-electron chi connectivity index (χ2n) is 3.34. The highest BCUT2D eigenvalue weighted by Crippen LogP contribution is 2.28. The number of halogens is 1. The lowest BCUT2D eigenvalue weighted by atomic mass is 9.96. The third kappa shape index (κ3) is 1.68. The van der Waals surface area contributed by atoms with E-state index in [0.29, 0.717) is 18.9 Å². The first-order chi connectivity index (χ1) is 6.79. The van der Waals surface area contributed by atoms with Crippen LogP contribution in [0.3, 0.4) is 0 Å². The average Bonchev–Trinajstić information content (AvgIpc) is 2.23. The van der Waals surface area contributed by atoms with E-state index in [0.717, 1.165) is 12.8 Å². The molecule has 14 heavy (non-hydrogen) atoms. The molecule has 2 rings (SSSR count). The zero-order valence-corrected chi connectivity index (χ0v) is 7.74. The second-order valence-corrected chi connectivity index (χ2v) is 3.34. The summed E-state index contributed by atoms with van der Waals surface area (Å²) in [4.78, 5) is 7.54. The maximum absolute atomic E-state index is 13.5. The smallest absolute Gasteiger partial charge is 0.186 e. The summed E-state index contributed by atoms with van der Waals surface area (Å²) in [6.45, 7) is 1.32. The zero-order valence-electron chi connectivity index (χ0n) is 7.74. The van der Waals surface area contributed by atoms with E-state index < -0.39 is 5.82 Å². The van der Waals surface area contributed by atoms with Crippen molar-refractivity contribution in [2.24, 2.45) is 0 Å². The number of anilines is 1. The van der Waals surface area contributed by atoms with Gasteiger partial charge < -0.3 is 10.5 Å². The van der Waals surface area contributed by atoms with Crippen molar-refractivity contribution in [3.63, 3.8) is 0 Å². The van der Waals surface area contributed by atoms with Crippen LogP contribution in [0, 0.1) is 5.82 Å². The van der Waals surface area contributed by atoms with Gasteiger partial charge in [-0.05, 0) is 12.8 Å². The monoisotopic (exact) mass is 197 g/mol. The van der Waals surface area contributed by atoms with Gasteiger partial charge in [0, 0.05) is 19.1 Å². The molecule has 2 N–H and O–H groups in total. The minimum absolute atomic E-state index is 0.0681. The molecule has 0 unspecified atom stereocenters. The molecule has 0 atom stereocenters. The molecule has 2 heterocycles. The minimum Gasteiger partial charge on any atom is -0.381 e. The summed E-state index contributed by atoms with van der Waals surface area (Å²) in [5, 5.41) is 0. The Morgan fingerprint density at radius 3 is 2.79 bits per heavy atom. The van der Waals surface area contributed by atoms with Gasteiger partial charge in [-0.25, -0.2) is 14.4 Å². The number of hydrogen-bond donors (Lipinski definition) is 1. The van der Waals surface area contributed by atoms with Crippen LogP contribution < -0.4 is 5.73 Å². The number of nitrogens with two attached hydrogens (primary N) is 1. The van der Waals surface area contributed by atoms with Crippen molar-refractivity contribution in [2.45, 2.75) is 18.8 Å². The van der Waals surface area contributed by atoms with Crippen LogP contribution in [0.5, 0.6) is 0 Å². The summed E-state index contributed by atoms with van der Waals surface area (Å²) in [5.41, 5.74) is 5.80.